The lowest BCUT2D eigenvalue weighted by atomic mass is 10.1. The van der Waals surface area contributed by atoms with Crippen LogP contribution in [0.1, 0.15) is 11.1 Å². The van der Waals surface area contributed by atoms with Gasteiger partial charge in [0.2, 0.25) is 0 Å². The second kappa shape index (κ2) is 7.69. The third-order valence-corrected chi connectivity index (χ3v) is 5.42. The maximum absolute atomic E-state index is 14.0. The van der Waals surface area contributed by atoms with E-state index in [1.54, 1.807) is 4.72 Å². The molecule has 0 spiro atoms. The van der Waals surface area contributed by atoms with Crippen molar-refractivity contribution in [1.82, 2.24) is 4.98 Å². The van der Waals surface area contributed by atoms with Crippen LogP contribution >= 0.6 is 0 Å². The van der Waals surface area contributed by atoms with Crippen molar-refractivity contribution in [2.45, 2.75) is 17.7 Å². The molecule has 0 aliphatic carbocycles. The molecule has 5 nitrogen and oxygen atoms in total. The van der Waals surface area contributed by atoms with Gasteiger partial charge in [0, 0.05) is 23.5 Å². The van der Waals surface area contributed by atoms with Crippen LogP contribution in [0, 0.1) is 17.5 Å². The average molecular weight is 450 g/mol. The van der Waals surface area contributed by atoms with Crippen LogP contribution in [-0.4, -0.2) is 18.5 Å². The Bertz CT molecular complexity index is 1210. The SMILES string of the molecule is O=S(=O)(Nc1cc(F)c(C(F)(F)F)cc1F)c1c[nH]c(-c2cc(CO)ccc2F)c1. The fraction of sp³-hybridized carbons (Fsp3) is 0.111. The van der Waals surface area contributed by atoms with Crippen LogP contribution in [0.2, 0.25) is 0 Å². The zero-order chi connectivity index (χ0) is 22.3. The summed E-state index contributed by atoms with van der Waals surface area (Å²) in [5.74, 6) is -4.22. The molecule has 30 heavy (non-hydrogen) atoms. The lowest BCUT2D eigenvalue weighted by molar-refractivity contribution is -0.140. The van der Waals surface area contributed by atoms with E-state index in [0.29, 0.717) is 5.56 Å². The van der Waals surface area contributed by atoms with Crippen LogP contribution < -0.4 is 4.72 Å². The first-order chi connectivity index (χ1) is 13.9. The zero-order valence-electron chi connectivity index (χ0n) is 14.7. The first-order valence-electron chi connectivity index (χ1n) is 8.09. The lowest BCUT2D eigenvalue weighted by Crippen LogP contribution is -2.15. The van der Waals surface area contributed by atoms with E-state index in [-0.39, 0.29) is 30.0 Å². The molecule has 1 aromatic heterocycles. The summed E-state index contributed by atoms with van der Waals surface area (Å²) in [6.45, 7) is -0.389. The third-order valence-electron chi connectivity index (χ3n) is 4.08. The molecule has 12 heteroatoms. The molecule has 160 valence electrons. The van der Waals surface area contributed by atoms with E-state index >= 15 is 0 Å². The zero-order valence-corrected chi connectivity index (χ0v) is 15.5. The van der Waals surface area contributed by atoms with E-state index in [1.807, 2.05) is 0 Å². The van der Waals surface area contributed by atoms with Crippen molar-refractivity contribution in [2.75, 3.05) is 4.72 Å². The van der Waals surface area contributed by atoms with E-state index in [9.17, 15) is 34.8 Å². The molecule has 0 fully saturated rings. The van der Waals surface area contributed by atoms with Gasteiger partial charge in [0.1, 0.15) is 22.3 Å². The highest BCUT2D eigenvalue weighted by Crippen LogP contribution is 2.34. The Morgan fingerprint density at radius 3 is 2.30 bits per heavy atom. The number of aromatic nitrogens is 1. The number of alkyl halides is 3. The summed E-state index contributed by atoms with van der Waals surface area (Å²) in [6, 6.07) is 4.56. The molecule has 1 heterocycles. The monoisotopic (exact) mass is 450 g/mol. The summed E-state index contributed by atoms with van der Waals surface area (Å²) in [5.41, 5.74) is -2.62. The van der Waals surface area contributed by atoms with E-state index in [0.717, 1.165) is 18.3 Å². The van der Waals surface area contributed by atoms with E-state index < -0.39 is 49.8 Å². The number of sulfonamides is 1. The Morgan fingerprint density at radius 2 is 1.67 bits per heavy atom. The second-order valence-electron chi connectivity index (χ2n) is 6.14. The largest absolute Gasteiger partial charge is 0.419 e. The van der Waals surface area contributed by atoms with E-state index in [1.165, 1.54) is 12.1 Å². The maximum Gasteiger partial charge on any atom is 0.419 e. The molecule has 0 bridgehead atoms. The molecule has 0 aliphatic rings. The first-order valence-corrected chi connectivity index (χ1v) is 9.58. The average Bonchev–Trinajstić information content (AvgIpc) is 3.14. The number of hydrogen-bond donors (Lipinski definition) is 3. The number of halogens is 6. The molecule has 0 atom stereocenters. The highest BCUT2D eigenvalue weighted by atomic mass is 32.2. The summed E-state index contributed by atoms with van der Waals surface area (Å²) in [5, 5.41) is 9.14. The molecule has 2 aromatic carbocycles. The molecular weight excluding hydrogens is 438 g/mol. The summed E-state index contributed by atoms with van der Waals surface area (Å²) in [7, 11) is -4.56. The highest BCUT2D eigenvalue weighted by Gasteiger charge is 2.35. The normalized spacial score (nSPS) is 12.2. The van der Waals surface area contributed by atoms with Gasteiger partial charge in [0.05, 0.1) is 17.9 Å². The van der Waals surface area contributed by atoms with Crippen LogP contribution in [0.5, 0.6) is 0 Å². The first kappa shape index (κ1) is 21.7. The highest BCUT2D eigenvalue weighted by molar-refractivity contribution is 7.92. The van der Waals surface area contributed by atoms with E-state index in [2.05, 4.69) is 4.98 Å². The van der Waals surface area contributed by atoms with Crippen LogP contribution in [-0.2, 0) is 22.8 Å². The van der Waals surface area contributed by atoms with Gasteiger partial charge >= 0.3 is 6.18 Å². The van der Waals surface area contributed by atoms with Crippen LogP contribution in [0.4, 0.5) is 32.0 Å². The Labute approximate surface area is 166 Å². The summed E-state index contributed by atoms with van der Waals surface area (Å²) in [4.78, 5) is 2.00. The third kappa shape index (κ3) is 4.28. The van der Waals surface area contributed by atoms with Crippen molar-refractivity contribution in [3.8, 4) is 11.3 Å². The van der Waals surface area contributed by atoms with Crippen molar-refractivity contribution in [3.05, 3.63) is 71.2 Å². The van der Waals surface area contributed by atoms with Gasteiger partial charge in [-0.3, -0.25) is 4.72 Å². The van der Waals surface area contributed by atoms with Crippen molar-refractivity contribution < 1.29 is 39.9 Å². The van der Waals surface area contributed by atoms with Crippen molar-refractivity contribution >= 4 is 15.7 Å². The molecule has 0 unspecified atom stereocenters. The number of hydrogen-bond acceptors (Lipinski definition) is 3. The van der Waals surface area contributed by atoms with Gasteiger partial charge in [0.25, 0.3) is 10.0 Å². The second-order valence-corrected chi connectivity index (χ2v) is 7.82. The number of aliphatic hydroxyl groups excluding tert-OH is 1. The standard InChI is InChI=1S/C18H12F6N2O3S/c19-13-2-1-9(8-27)3-11(13)16-4-10(7-25-16)30(28,29)26-17-6-14(20)12(5-15(17)21)18(22,23)24/h1-7,25-27H,8H2. The smallest absolute Gasteiger partial charge is 0.392 e. The molecule has 3 N–H and O–H groups in total. The number of aliphatic hydroxyl groups is 1. The van der Waals surface area contributed by atoms with Gasteiger partial charge in [0.15, 0.2) is 0 Å². The molecular formula is C18H12F6N2O3S. The van der Waals surface area contributed by atoms with Crippen molar-refractivity contribution in [2.24, 2.45) is 0 Å². The van der Waals surface area contributed by atoms with Crippen LogP contribution in [0.15, 0.2) is 47.5 Å². The molecule has 0 aliphatic heterocycles. The Balaban J connectivity index is 1.94. The number of rotatable bonds is 5. The van der Waals surface area contributed by atoms with Crippen LogP contribution in [0.25, 0.3) is 11.3 Å². The van der Waals surface area contributed by atoms with E-state index in [4.69, 9.17) is 5.11 Å². The molecule has 0 saturated carbocycles. The van der Waals surface area contributed by atoms with Gasteiger partial charge in [-0.25, -0.2) is 21.6 Å². The maximum atomic E-state index is 14.0. The van der Waals surface area contributed by atoms with Crippen molar-refractivity contribution in [3.63, 3.8) is 0 Å². The minimum atomic E-state index is -5.16. The number of H-pyrrole nitrogens is 1. The topological polar surface area (TPSA) is 82.2 Å². The fourth-order valence-electron chi connectivity index (χ4n) is 2.61. The predicted molar refractivity (Wildman–Crippen MR) is 94.3 cm³/mol. The predicted octanol–water partition coefficient (Wildman–Crippen LogP) is 4.41. The molecule has 0 radical (unpaired) electrons. The van der Waals surface area contributed by atoms with Gasteiger partial charge in [-0.05, 0) is 29.8 Å². The minimum absolute atomic E-state index is 0.00208. The van der Waals surface area contributed by atoms with Gasteiger partial charge in [-0.1, -0.05) is 6.07 Å². The molecule has 3 rings (SSSR count). The Kier molecular flexibility index (Phi) is 5.56. The molecule has 0 saturated heterocycles. The quantitative estimate of drug-likeness (QED) is 0.504. The van der Waals surface area contributed by atoms with Crippen LogP contribution in [0.3, 0.4) is 0 Å². The molecule has 0 amide bonds. The number of benzene rings is 2. The Morgan fingerprint density at radius 1 is 0.967 bits per heavy atom. The lowest BCUT2D eigenvalue weighted by Gasteiger charge is -2.12. The number of anilines is 1. The van der Waals surface area contributed by atoms with Gasteiger partial charge in [-0.2, -0.15) is 13.2 Å². The summed E-state index contributed by atoms with van der Waals surface area (Å²) >= 11 is 0. The minimum Gasteiger partial charge on any atom is -0.392 e. The summed E-state index contributed by atoms with van der Waals surface area (Å²) < 4.78 is 106. The molecule has 3 aromatic rings. The van der Waals surface area contributed by atoms with Crippen molar-refractivity contribution in [1.29, 1.82) is 0 Å². The number of aromatic amines is 1. The fourth-order valence-corrected chi connectivity index (χ4v) is 3.66. The number of nitrogens with one attached hydrogen (secondary N) is 2. The Hall–Kier alpha value is -2.99. The van der Waals surface area contributed by atoms with Gasteiger partial charge in [-0.15, -0.1) is 0 Å². The van der Waals surface area contributed by atoms with Gasteiger partial charge < -0.3 is 10.1 Å². The summed E-state index contributed by atoms with van der Waals surface area (Å²) in [6.07, 6.45) is -4.23.